The normalized spacial score (nSPS) is 28.6. The first-order chi connectivity index (χ1) is 12.6. The van der Waals surface area contributed by atoms with Crippen molar-refractivity contribution in [3.63, 3.8) is 0 Å². The van der Waals surface area contributed by atoms with Gasteiger partial charge in [-0.1, -0.05) is 0 Å². The van der Waals surface area contributed by atoms with E-state index < -0.39 is 57.3 Å². The standard InChI is InChI=1S/C15H16N2O9S/c18-11-3-4-12(19)16(11)7-8-1-2-9(5-8)15(22)26-17-13(20)6-10(14(17)21)27(23,24)25/h3-4,8-10H,1-2,5-7H2,(H,23,24,25). The lowest BCUT2D eigenvalue weighted by molar-refractivity contribution is -0.200. The first kappa shape index (κ1) is 19.2. The molecule has 0 aromatic rings. The fourth-order valence-electron chi connectivity index (χ4n) is 3.40. The lowest BCUT2D eigenvalue weighted by Gasteiger charge is -2.19. The van der Waals surface area contributed by atoms with Gasteiger partial charge in [-0.15, -0.1) is 5.06 Å². The highest BCUT2D eigenvalue weighted by Gasteiger charge is 2.49. The van der Waals surface area contributed by atoms with E-state index >= 15 is 0 Å². The first-order valence-electron chi connectivity index (χ1n) is 8.16. The molecule has 3 atom stereocenters. The third-order valence-electron chi connectivity index (χ3n) is 4.82. The molecule has 1 N–H and O–H groups in total. The molecule has 0 bridgehead atoms. The predicted octanol–water partition coefficient (Wildman–Crippen LogP) is -1.20. The van der Waals surface area contributed by atoms with Gasteiger partial charge < -0.3 is 4.84 Å². The number of nitrogens with zero attached hydrogens (tertiary/aromatic N) is 2. The Hall–Kier alpha value is -2.60. The molecule has 4 amide bonds. The summed E-state index contributed by atoms with van der Waals surface area (Å²) in [5.41, 5.74) is 0. The number of imide groups is 2. The zero-order valence-electron chi connectivity index (χ0n) is 13.9. The molecule has 2 aliphatic heterocycles. The van der Waals surface area contributed by atoms with Crippen molar-refractivity contribution in [3.05, 3.63) is 12.2 Å². The van der Waals surface area contributed by atoms with Crippen LogP contribution < -0.4 is 0 Å². The van der Waals surface area contributed by atoms with E-state index in [2.05, 4.69) is 0 Å². The molecule has 3 rings (SSSR count). The highest BCUT2D eigenvalue weighted by Crippen LogP contribution is 2.33. The summed E-state index contributed by atoms with van der Waals surface area (Å²) in [6.45, 7) is 0.154. The van der Waals surface area contributed by atoms with E-state index in [-0.39, 0.29) is 23.9 Å². The van der Waals surface area contributed by atoms with Gasteiger partial charge in [0, 0.05) is 18.7 Å². The Balaban J connectivity index is 1.56. The second-order valence-electron chi connectivity index (χ2n) is 6.64. The SMILES string of the molecule is O=C(ON1C(=O)CC(S(=O)(=O)O)C1=O)C1CCC(CN2C(=O)C=CC2=O)C1. The van der Waals surface area contributed by atoms with Crippen molar-refractivity contribution in [1.29, 1.82) is 0 Å². The molecule has 12 heteroatoms. The van der Waals surface area contributed by atoms with Crippen LogP contribution >= 0.6 is 0 Å². The molecule has 27 heavy (non-hydrogen) atoms. The molecule has 3 unspecified atom stereocenters. The molecule has 0 spiro atoms. The van der Waals surface area contributed by atoms with E-state index in [1.54, 1.807) is 0 Å². The zero-order chi connectivity index (χ0) is 19.9. The van der Waals surface area contributed by atoms with Gasteiger partial charge in [0.15, 0.2) is 5.25 Å². The second kappa shape index (κ2) is 6.85. The minimum absolute atomic E-state index is 0.0749. The first-order valence-corrected chi connectivity index (χ1v) is 9.66. The molecule has 0 radical (unpaired) electrons. The van der Waals surface area contributed by atoms with Crippen LogP contribution in [0.15, 0.2) is 12.2 Å². The molecule has 2 fully saturated rings. The average Bonchev–Trinajstić information content (AvgIpc) is 3.24. The predicted molar refractivity (Wildman–Crippen MR) is 84.6 cm³/mol. The maximum absolute atomic E-state index is 12.2. The molecule has 0 aromatic heterocycles. The van der Waals surface area contributed by atoms with Gasteiger partial charge >= 0.3 is 5.97 Å². The van der Waals surface area contributed by atoms with Crippen LogP contribution in [0.25, 0.3) is 0 Å². The van der Waals surface area contributed by atoms with Crippen LogP contribution in [0.4, 0.5) is 0 Å². The van der Waals surface area contributed by atoms with Crippen LogP contribution in [0.1, 0.15) is 25.7 Å². The highest BCUT2D eigenvalue weighted by atomic mass is 32.2. The summed E-state index contributed by atoms with van der Waals surface area (Å²) >= 11 is 0. The van der Waals surface area contributed by atoms with Gasteiger partial charge in [-0.25, -0.2) is 4.79 Å². The second-order valence-corrected chi connectivity index (χ2v) is 8.24. The van der Waals surface area contributed by atoms with Crippen molar-refractivity contribution < 1.29 is 41.8 Å². The van der Waals surface area contributed by atoms with Crippen molar-refractivity contribution in [2.24, 2.45) is 11.8 Å². The summed E-state index contributed by atoms with van der Waals surface area (Å²) in [5.74, 6) is -4.87. The Labute approximate surface area is 153 Å². The number of rotatable bonds is 5. The Bertz CT molecular complexity index is 845. The number of carbonyl (C=O) groups excluding carboxylic acids is 5. The van der Waals surface area contributed by atoms with E-state index in [0.29, 0.717) is 12.8 Å². The summed E-state index contributed by atoms with van der Waals surface area (Å²) in [4.78, 5) is 64.8. The minimum atomic E-state index is -4.78. The molecule has 146 valence electrons. The summed E-state index contributed by atoms with van der Waals surface area (Å²) in [5, 5.41) is -1.90. The lowest BCUT2D eigenvalue weighted by atomic mass is 10.0. The van der Waals surface area contributed by atoms with E-state index in [0.717, 1.165) is 4.90 Å². The summed E-state index contributed by atoms with van der Waals surface area (Å²) in [7, 11) is -4.78. The number of hydrogen-bond donors (Lipinski definition) is 1. The van der Waals surface area contributed by atoms with E-state index in [9.17, 15) is 32.4 Å². The number of carbonyl (C=O) groups is 5. The molecule has 11 nitrogen and oxygen atoms in total. The van der Waals surface area contributed by atoms with Gasteiger partial charge in [0.1, 0.15) is 0 Å². The molecule has 1 aliphatic carbocycles. The Morgan fingerprint density at radius 1 is 1.15 bits per heavy atom. The number of amides is 4. The zero-order valence-corrected chi connectivity index (χ0v) is 14.8. The van der Waals surface area contributed by atoms with Crippen molar-refractivity contribution in [2.75, 3.05) is 6.54 Å². The van der Waals surface area contributed by atoms with Crippen molar-refractivity contribution in [2.45, 2.75) is 30.9 Å². The fourth-order valence-corrected chi connectivity index (χ4v) is 4.10. The molecule has 0 aromatic carbocycles. The average molecular weight is 400 g/mol. The van der Waals surface area contributed by atoms with Gasteiger partial charge in [0.25, 0.3) is 33.7 Å². The van der Waals surface area contributed by atoms with Gasteiger partial charge in [-0.2, -0.15) is 8.42 Å². The summed E-state index contributed by atoms with van der Waals surface area (Å²) < 4.78 is 31.1. The maximum Gasteiger partial charge on any atom is 0.336 e. The van der Waals surface area contributed by atoms with Gasteiger partial charge in [0.2, 0.25) is 0 Å². The molecule has 2 heterocycles. The van der Waals surface area contributed by atoms with E-state index in [1.165, 1.54) is 12.2 Å². The van der Waals surface area contributed by atoms with Gasteiger partial charge in [-0.05, 0) is 25.2 Å². The Morgan fingerprint density at radius 2 is 1.78 bits per heavy atom. The fraction of sp³-hybridized carbons (Fsp3) is 0.533. The Morgan fingerprint density at radius 3 is 2.33 bits per heavy atom. The Kier molecular flexibility index (Phi) is 4.86. The van der Waals surface area contributed by atoms with Crippen LogP contribution in [-0.2, 0) is 38.9 Å². The summed E-state index contributed by atoms with van der Waals surface area (Å²) in [6, 6.07) is 0. The number of hydrogen-bond acceptors (Lipinski definition) is 8. The molecule has 3 aliphatic rings. The van der Waals surface area contributed by atoms with E-state index in [1.807, 2.05) is 0 Å². The van der Waals surface area contributed by atoms with Crippen molar-refractivity contribution in [1.82, 2.24) is 9.96 Å². The van der Waals surface area contributed by atoms with Crippen LogP contribution in [0, 0.1) is 11.8 Å². The molecular formula is C15H16N2O9S. The van der Waals surface area contributed by atoms with Gasteiger partial charge in [-0.3, -0.25) is 28.6 Å². The topological polar surface area (TPSA) is 155 Å². The van der Waals surface area contributed by atoms with E-state index in [4.69, 9.17) is 9.39 Å². The van der Waals surface area contributed by atoms with Crippen LogP contribution in [0.2, 0.25) is 0 Å². The molecule has 1 saturated heterocycles. The monoisotopic (exact) mass is 400 g/mol. The number of hydroxylamine groups is 2. The summed E-state index contributed by atoms with van der Waals surface area (Å²) in [6.07, 6.45) is 2.72. The van der Waals surface area contributed by atoms with Crippen molar-refractivity contribution >= 4 is 39.7 Å². The van der Waals surface area contributed by atoms with Crippen LogP contribution in [0.5, 0.6) is 0 Å². The minimum Gasteiger partial charge on any atom is -0.330 e. The maximum atomic E-state index is 12.2. The van der Waals surface area contributed by atoms with Crippen molar-refractivity contribution in [3.8, 4) is 0 Å². The smallest absolute Gasteiger partial charge is 0.330 e. The van der Waals surface area contributed by atoms with Crippen LogP contribution in [0.3, 0.4) is 0 Å². The third-order valence-corrected chi connectivity index (χ3v) is 5.91. The molecular weight excluding hydrogens is 384 g/mol. The highest BCUT2D eigenvalue weighted by molar-refractivity contribution is 7.87. The van der Waals surface area contributed by atoms with Crippen LogP contribution in [-0.4, -0.2) is 64.3 Å². The quantitative estimate of drug-likeness (QED) is 0.442. The van der Waals surface area contributed by atoms with Gasteiger partial charge in [0.05, 0.1) is 12.3 Å². The third kappa shape index (κ3) is 3.76. The molecule has 1 saturated carbocycles. The largest absolute Gasteiger partial charge is 0.336 e. The lowest BCUT2D eigenvalue weighted by Crippen LogP contribution is -2.38.